The maximum Gasteiger partial charge on any atom is 0.134 e. The van der Waals surface area contributed by atoms with E-state index in [2.05, 4.69) is 11.9 Å². The Hall–Kier alpha value is -0.0800. The number of rotatable bonds is 0. The van der Waals surface area contributed by atoms with Crippen molar-refractivity contribution in [2.24, 2.45) is 0 Å². The van der Waals surface area contributed by atoms with Crippen LogP contribution in [0.1, 0.15) is 19.3 Å². The number of nitrogens with zero attached hydrogens (tertiary/aromatic N) is 2. The standard InChI is InChI=1S/C9H19N2/c1-10-5-4-8-11(9-10)6-2-3-7-11/h2-9H2,1H3/q+1. The summed E-state index contributed by atoms with van der Waals surface area (Å²) >= 11 is 0. The van der Waals surface area contributed by atoms with Gasteiger partial charge in [-0.25, -0.2) is 0 Å². The molecule has 64 valence electrons. The smallest absolute Gasteiger partial charge is 0.134 e. The van der Waals surface area contributed by atoms with Gasteiger partial charge in [0.25, 0.3) is 0 Å². The first-order chi connectivity index (χ1) is 5.31. The van der Waals surface area contributed by atoms with Crippen molar-refractivity contribution in [2.75, 3.05) is 39.9 Å². The quantitative estimate of drug-likeness (QED) is 0.470. The molecule has 0 atom stereocenters. The molecular weight excluding hydrogens is 136 g/mol. The molecule has 2 rings (SSSR count). The summed E-state index contributed by atoms with van der Waals surface area (Å²) in [7, 11) is 2.26. The van der Waals surface area contributed by atoms with Crippen LogP contribution in [-0.2, 0) is 0 Å². The van der Waals surface area contributed by atoms with Crippen LogP contribution in [0.15, 0.2) is 0 Å². The van der Waals surface area contributed by atoms with Crippen molar-refractivity contribution in [1.29, 1.82) is 0 Å². The Labute approximate surface area is 69.4 Å². The average Bonchev–Trinajstić information content (AvgIpc) is 2.37. The van der Waals surface area contributed by atoms with E-state index in [4.69, 9.17) is 0 Å². The molecule has 2 aliphatic heterocycles. The van der Waals surface area contributed by atoms with Gasteiger partial charge in [-0.2, -0.15) is 0 Å². The first-order valence-corrected chi connectivity index (χ1v) is 4.84. The molecule has 2 nitrogen and oxygen atoms in total. The molecule has 0 amide bonds. The molecule has 0 unspecified atom stereocenters. The van der Waals surface area contributed by atoms with Crippen LogP contribution in [0.5, 0.6) is 0 Å². The molecule has 1 spiro atoms. The Bertz CT molecular complexity index is 138. The molecule has 0 bridgehead atoms. The lowest BCUT2D eigenvalue weighted by molar-refractivity contribution is -0.931. The maximum atomic E-state index is 2.49. The third-order valence-corrected chi connectivity index (χ3v) is 3.23. The highest BCUT2D eigenvalue weighted by Gasteiger charge is 2.34. The summed E-state index contributed by atoms with van der Waals surface area (Å²) in [6.45, 7) is 6.99. The number of quaternary nitrogens is 1. The van der Waals surface area contributed by atoms with Gasteiger partial charge >= 0.3 is 0 Å². The van der Waals surface area contributed by atoms with E-state index >= 15 is 0 Å². The Morgan fingerprint density at radius 1 is 1.00 bits per heavy atom. The fourth-order valence-electron chi connectivity index (χ4n) is 2.70. The third kappa shape index (κ3) is 1.42. The van der Waals surface area contributed by atoms with E-state index in [-0.39, 0.29) is 0 Å². The van der Waals surface area contributed by atoms with Crippen LogP contribution in [0.4, 0.5) is 0 Å². The van der Waals surface area contributed by atoms with Crippen LogP contribution in [0.3, 0.4) is 0 Å². The van der Waals surface area contributed by atoms with Crippen molar-refractivity contribution in [3.05, 3.63) is 0 Å². The zero-order chi connectivity index (χ0) is 7.73. The van der Waals surface area contributed by atoms with Gasteiger partial charge in [0.2, 0.25) is 0 Å². The van der Waals surface area contributed by atoms with E-state index in [1.807, 2.05) is 0 Å². The predicted octanol–water partition coefficient (Wildman–Crippen LogP) is 0.890. The second kappa shape index (κ2) is 2.76. The lowest BCUT2D eigenvalue weighted by atomic mass is 10.2. The van der Waals surface area contributed by atoms with Crippen molar-refractivity contribution in [3.63, 3.8) is 0 Å². The fourth-order valence-corrected chi connectivity index (χ4v) is 2.70. The molecular formula is C9H19N2+. The zero-order valence-corrected chi connectivity index (χ0v) is 7.55. The third-order valence-electron chi connectivity index (χ3n) is 3.23. The molecule has 0 aromatic carbocycles. The fraction of sp³-hybridized carbons (Fsp3) is 1.00. The molecule has 2 heterocycles. The monoisotopic (exact) mass is 155 g/mol. The first-order valence-electron chi connectivity index (χ1n) is 4.84. The minimum atomic E-state index is 1.32. The van der Waals surface area contributed by atoms with Gasteiger partial charge in [0.15, 0.2) is 0 Å². The summed E-state index contributed by atoms with van der Waals surface area (Å²) in [6, 6.07) is 0. The van der Waals surface area contributed by atoms with Gasteiger partial charge in [0.05, 0.1) is 19.6 Å². The van der Waals surface area contributed by atoms with Crippen molar-refractivity contribution < 1.29 is 4.48 Å². The van der Waals surface area contributed by atoms with Gasteiger partial charge < -0.3 is 4.48 Å². The number of hydrogen-bond acceptors (Lipinski definition) is 1. The summed E-state index contributed by atoms with van der Waals surface area (Å²) in [6.07, 6.45) is 4.35. The lowest BCUT2D eigenvalue weighted by Gasteiger charge is -2.41. The summed E-state index contributed by atoms with van der Waals surface area (Å²) in [5.74, 6) is 0. The molecule has 2 fully saturated rings. The minimum Gasteiger partial charge on any atom is -0.311 e. The first kappa shape index (κ1) is 7.56. The highest BCUT2D eigenvalue weighted by atomic mass is 15.5. The second-order valence-electron chi connectivity index (χ2n) is 4.29. The molecule has 11 heavy (non-hydrogen) atoms. The zero-order valence-electron chi connectivity index (χ0n) is 7.55. The van der Waals surface area contributed by atoms with Crippen LogP contribution in [0.25, 0.3) is 0 Å². The molecule has 0 aromatic rings. The summed E-state index contributed by atoms with van der Waals surface area (Å²) in [5, 5.41) is 0. The molecule has 2 aliphatic rings. The average molecular weight is 155 g/mol. The van der Waals surface area contributed by atoms with Gasteiger partial charge in [-0.3, -0.25) is 4.90 Å². The van der Waals surface area contributed by atoms with Gasteiger partial charge in [0.1, 0.15) is 6.67 Å². The van der Waals surface area contributed by atoms with Crippen LogP contribution >= 0.6 is 0 Å². The van der Waals surface area contributed by atoms with E-state index in [9.17, 15) is 0 Å². The van der Waals surface area contributed by atoms with Crippen LogP contribution in [0.2, 0.25) is 0 Å². The van der Waals surface area contributed by atoms with Gasteiger partial charge in [-0.15, -0.1) is 0 Å². The summed E-state index contributed by atoms with van der Waals surface area (Å²) in [4.78, 5) is 2.49. The Balaban J connectivity index is 2.00. The van der Waals surface area contributed by atoms with E-state index in [1.54, 1.807) is 0 Å². The second-order valence-corrected chi connectivity index (χ2v) is 4.29. The van der Waals surface area contributed by atoms with Crippen molar-refractivity contribution in [1.82, 2.24) is 4.90 Å². The van der Waals surface area contributed by atoms with Crippen LogP contribution < -0.4 is 0 Å². The van der Waals surface area contributed by atoms with E-state index in [0.717, 1.165) is 0 Å². The Kier molecular flexibility index (Phi) is 1.90. The van der Waals surface area contributed by atoms with Crippen molar-refractivity contribution in [3.8, 4) is 0 Å². The van der Waals surface area contributed by atoms with E-state index < -0.39 is 0 Å². The molecule has 0 aliphatic carbocycles. The molecule has 0 saturated carbocycles. The summed E-state index contributed by atoms with van der Waals surface area (Å²) in [5.41, 5.74) is 0. The lowest BCUT2D eigenvalue weighted by Crippen LogP contribution is -2.56. The topological polar surface area (TPSA) is 3.24 Å². The molecule has 0 aromatic heterocycles. The van der Waals surface area contributed by atoms with Crippen LogP contribution in [0, 0.1) is 0 Å². The van der Waals surface area contributed by atoms with Crippen molar-refractivity contribution in [2.45, 2.75) is 19.3 Å². The molecule has 0 N–H and O–H groups in total. The molecule has 0 radical (unpaired) electrons. The van der Waals surface area contributed by atoms with Crippen molar-refractivity contribution >= 4 is 0 Å². The van der Waals surface area contributed by atoms with E-state index in [0.29, 0.717) is 0 Å². The molecule has 2 saturated heterocycles. The normalized spacial score (nSPS) is 31.4. The predicted molar refractivity (Wildman–Crippen MR) is 46.2 cm³/mol. The highest BCUT2D eigenvalue weighted by Crippen LogP contribution is 2.23. The van der Waals surface area contributed by atoms with Gasteiger partial charge in [-0.05, 0) is 7.05 Å². The number of hydrogen-bond donors (Lipinski definition) is 0. The SMILES string of the molecule is CN1CCC[N+]2(CCCC2)C1. The Morgan fingerprint density at radius 3 is 2.27 bits per heavy atom. The van der Waals surface area contributed by atoms with Gasteiger partial charge in [-0.1, -0.05) is 0 Å². The van der Waals surface area contributed by atoms with Gasteiger partial charge in [0, 0.05) is 25.8 Å². The van der Waals surface area contributed by atoms with E-state index in [1.165, 1.54) is 56.6 Å². The maximum absolute atomic E-state index is 2.49. The minimum absolute atomic E-state index is 1.32. The molecule has 2 heteroatoms. The highest BCUT2D eigenvalue weighted by molar-refractivity contribution is 4.61. The largest absolute Gasteiger partial charge is 0.311 e. The van der Waals surface area contributed by atoms with Crippen LogP contribution in [-0.4, -0.2) is 49.3 Å². The summed E-state index contributed by atoms with van der Waals surface area (Å²) < 4.78 is 1.41. The Morgan fingerprint density at radius 2 is 1.64 bits per heavy atom.